The minimum atomic E-state index is -1.38. The van der Waals surface area contributed by atoms with Gasteiger partial charge in [0, 0.05) is 35.1 Å². The van der Waals surface area contributed by atoms with E-state index in [9.17, 15) is 19.5 Å². The van der Waals surface area contributed by atoms with Gasteiger partial charge in [0.25, 0.3) is 0 Å². The highest BCUT2D eigenvalue weighted by atomic mass is 16.5. The van der Waals surface area contributed by atoms with E-state index >= 15 is 4.79 Å². The highest BCUT2D eigenvalue weighted by molar-refractivity contribution is 6.31. The number of phenolic OH excluding ortho intramolecular Hbond substituents is 1. The number of carbonyl (C=O) groups excluding carboxylic acids is 4. The van der Waals surface area contributed by atoms with Crippen LogP contribution in [-0.4, -0.2) is 46.5 Å². The van der Waals surface area contributed by atoms with E-state index in [0.717, 1.165) is 37.7 Å². The molecule has 7 heteroatoms. The lowest BCUT2D eigenvalue weighted by Gasteiger charge is -2.55. The first-order valence-corrected chi connectivity index (χ1v) is 17.2. The van der Waals surface area contributed by atoms with Gasteiger partial charge in [-0.25, -0.2) is 0 Å². The molecule has 8 rings (SSSR count). The summed E-state index contributed by atoms with van der Waals surface area (Å²) in [4.78, 5) is 60.1. The number of likely N-dealkylation sites (tertiary alicyclic amines) is 1. The maximum atomic E-state index is 15.1. The summed E-state index contributed by atoms with van der Waals surface area (Å²) in [7, 11) is 1.52. The van der Waals surface area contributed by atoms with E-state index in [-0.39, 0.29) is 41.6 Å². The zero-order valence-electron chi connectivity index (χ0n) is 27.0. The van der Waals surface area contributed by atoms with Gasteiger partial charge in [0.15, 0.2) is 11.6 Å². The smallest absolute Gasteiger partial charge is 0.233 e. The molecule has 1 saturated heterocycles. The first-order chi connectivity index (χ1) is 23.4. The Kier molecular flexibility index (Phi) is 7.46. The van der Waals surface area contributed by atoms with Crippen molar-refractivity contribution in [2.24, 2.45) is 23.7 Å². The quantitative estimate of drug-likeness (QED) is 0.250. The number of carbonyl (C=O) groups is 4. The second kappa shape index (κ2) is 11.7. The van der Waals surface area contributed by atoms with Gasteiger partial charge >= 0.3 is 0 Å². The molecule has 0 spiro atoms. The molecule has 3 aromatic rings. The predicted molar refractivity (Wildman–Crippen MR) is 180 cm³/mol. The maximum Gasteiger partial charge on any atom is 0.233 e. The second-order valence-corrected chi connectivity index (χ2v) is 14.1. The average Bonchev–Trinajstić information content (AvgIpc) is 3.39. The number of ether oxygens (including phenoxy) is 1. The van der Waals surface area contributed by atoms with Crippen LogP contribution in [0.25, 0.3) is 5.57 Å². The number of hydrogen-bond acceptors (Lipinski definition) is 6. The summed E-state index contributed by atoms with van der Waals surface area (Å²) in [5, 5.41) is 11.6. The van der Waals surface area contributed by atoms with Gasteiger partial charge in [-0.05, 0) is 54.9 Å². The van der Waals surface area contributed by atoms with Crippen molar-refractivity contribution in [1.82, 2.24) is 4.90 Å². The first-order valence-electron chi connectivity index (χ1n) is 17.2. The van der Waals surface area contributed by atoms with Gasteiger partial charge in [-0.15, -0.1) is 0 Å². The van der Waals surface area contributed by atoms with Crippen LogP contribution in [0.4, 0.5) is 0 Å². The van der Waals surface area contributed by atoms with Crippen LogP contribution >= 0.6 is 0 Å². The fraction of sp³-hybridized carbons (Fsp3) is 0.366. The van der Waals surface area contributed by atoms with Gasteiger partial charge in [-0.3, -0.25) is 24.1 Å². The molecule has 2 saturated carbocycles. The van der Waals surface area contributed by atoms with Crippen LogP contribution in [0.5, 0.6) is 11.5 Å². The van der Waals surface area contributed by atoms with Crippen molar-refractivity contribution in [3.05, 3.63) is 113 Å². The highest BCUT2D eigenvalue weighted by Gasteiger charge is 2.66. The number of methoxy groups -OCH3 is 1. The fourth-order valence-electron chi connectivity index (χ4n) is 9.84. The number of nitrogens with zero attached hydrogens (tertiary/aromatic N) is 1. The van der Waals surface area contributed by atoms with Gasteiger partial charge in [-0.1, -0.05) is 97.6 Å². The zero-order chi connectivity index (χ0) is 33.2. The number of rotatable bonds is 5. The molecule has 244 valence electrons. The number of allylic oxidation sites excluding steroid dienone is 4. The van der Waals surface area contributed by atoms with E-state index in [4.69, 9.17) is 4.74 Å². The molecule has 4 aliphatic carbocycles. The van der Waals surface area contributed by atoms with Crippen molar-refractivity contribution < 1.29 is 29.0 Å². The zero-order valence-corrected chi connectivity index (χ0v) is 27.0. The monoisotopic (exact) mass is 641 g/mol. The molecule has 1 aliphatic heterocycles. The molecular weight excluding hydrogens is 602 g/mol. The number of Topliss-reactive ketones (excluding diaryl/α,β-unsaturated/α-hetero) is 1. The third kappa shape index (κ3) is 4.39. The predicted octanol–water partition coefficient (Wildman–Crippen LogP) is 6.56. The van der Waals surface area contributed by atoms with E-state index in [2.05, 4.69) is 0 Å². The molecule has 2 amide bonds. The molecular formula is C41H39NO6. The molecule has 1 heterocycles. The highest BCUT2D eigenvalue weighted by Crippen LogP contribution is 2.64. The van der Waals surface area contributed by atoms with Gasteiger partial charge < -0.3 is 9.84 Å². The lowest BCUT2D eigenvalue weighted by Crippen LogP contribution is -2.58. The number of benzene rings is 3. The van der Waals surface area contributed by atoms with Crippen molar-refractivity contribution in [1.29, 1.82) is 0 Å². The van der Waals surface area contributed by atoms with E-state index in [1.54, 1.807) is 17.0 Å². The summed E-state index contributed by atoms with van der Waals surface area (Å²) < 4.78 is 5.42. The molecule has 1 N–H and O–H groups in total. The number of imide groups is 1. The fourth-order valence-corrected chi connectivity index (χ4v) is 9.84. The van der Waals surface area contributed by atoms with Crippen LogP contribution in [0.3, 0.4) is 0 Å². The Morgan fingerprint density at radius 2 is 1.54 bits per heavy atom. The van der Waals surface area contributed by atoms with Gasteiger partial charge in [0.2, 0.25) is 11.8 Å². The summed E-state index contributed by atoms with van der Waals surface area (Å²) in [5.41, 5.74) is 1.68. The van der Waals surface area contributed by atoms with E-state index < -0.39 is 35.0 Å². The van der Waals surface area contributed by atoms with Gasteiger partial charge in [0.1, 0.15) is 11.5 Å². The lowest BCUT2D eigenvalue weighted by atomic mass is 9.44. The third-order valence-electron chi connectivity index (χ3n) is 11.9. The third-order valence-corrected chi connectivity index (χ3v) is 11.9. The van der Waals surface area contributed by atoms with Crippen molar-refractivity contribution in [3.63, 3.8) is 0 Å². The molecule has 0 radical (unpaired) electrons. The van der Waals surface area contributed by atoms with Crippen LogP contribution in [0.1, 0.15) is 67.6 Å². The molecule has 0 bridgehead atoms. The Balaban J connectivity index is 1.35. The minimum absolute atomic E-state index is 0.0483. The Bertz CT molecular complexity index is 1870. The molecule has 3 fully saturated rings. The number of ketones is 2. The Morgan fingerprint density at radius 1 is 0.833 bits per heavy atom. The number of amides is 2. The number of fused-ring (bicyclic) bond motifs is 4. The van der Waals surface area contributed by atoms with E-state index in [1.807, 2.05) is 66.7 Å². The van der Waals surface area contributed by atoms with Gasteiger partial charge in [-0.2, -0.15) is 0 Å². The van der Waals surface area contributed by atoms with Crippen LogP contribution in [0.15, 0.2) is 96.6 Å². The maximum absolute atomic E-state index is 15.1. The molecule has 6 unspecified atom stereocenters. The standard InChI is InChI=1S/C41H39NO6/c1-48-27-17-18-29(34(43)21-27)37-28-19-20-30-36(40(47)42(39(30)46)26-15-9-4-10-16-26)32(28)22-33-38(45)31(24-11-5-2-6-12-24)23-35(44)41(33,37)25-13-7-3-8-14-25/h2-3,5-8,11-14,17-19,21,23,26,30,32-33,36-37,43H,4,9-10,15-16,20,22H2,1H3. The normalized spacial score (nSPS) is 30.3. The topological polar surface area (TPSA) is 101 Å². The second-order valence-electron chi connectivity index (χ2n) is 14.1. The Hall–Kier alpha value is -4.78. The van der Waals surface area contributed by atoms with E-state index in [1.165, 1.54) is 19.3 Å². The average molecular weight is 642 g/mol. The number of hydrogen-bond donors (Lipinski definition) is 1. The molecule has 5 aliphatic rings. The van der Waals surface area contributed by atoms with Crippen LogP contribution < -0.4 is 4.74 Å². The van der Waals surface area contributed by atoms with Crippen molar-refractivity contribution in [3.8, 4) is 11.5 Å². The molecule has 6 atom stereocenters. The van der Waals surface area contributed by atoms with E-state index in [0.29, 0.717) is 34.4 Å². The van der Waals surface area contributed by atoms with Crippen LogP contribution in [0.2, 0.25) is 0 Å². The summed E-state index contributed by atoms with van der Waals surface area (Å²) >= 11 is 0. The summed E-state index contributed by atoms with van der Waals surface area (Å²) in [5.74, 6) is -3.38. The largest absolute Gasteiger partial charge is 0.508 e. The van der Waals surface area contributed by atoms with Crippen LogP contribution in [0, 0.1) is 23.7 Å². The molecule has 0 aromatic heterocycles. The Labute approximate surface area is 280 Å². The number of phenols is 1. The summed E-state index contributed by atoms with van der Waals surface area (Å²) in [6.07, 6.45) is 8.91. The first kappa shape index (κ1) is 30.5. The molecule has 48 heavy (non-hydrogen) atoms. The van der Waals surface area contributed by atoms with Gasteiger partial charge in [0.05, 0.1) is 24.4 Å². The molecule has 7 nitrogen and oxygen atoms in total. The van der Waals surface area contributed by atoms with Crippen molar-refractivity contribution in [2.75, 3.05) is 7.11 Å². The van der Waals surface area contributed by atoms with Crippen molar-refractivity contribution >= 4 is 29.0 Å². The molecule has 3 aromatic carbocycles. The summed E-state index contributed by atoms with van der Waals surface area (Å²) in [6, 6.07) is 23.7. The van der Waals surface area contributed by atoms with Crippen molar-refractivity contribution in [2.45, 2.75) is 62.3 Å². The minimum Gasteiger partial charge on any atom is -0.508 e. The van der Waals surface area contributed by atoms with Crippen LogP contribution in [-0.2, 0) is 24.6 Å². The number of aromatic hydroxyl groups is 1. The lowest BCUT2D eigenvalue weighted by molar-refractivity contribution is -0.144. The Morgan fingerprint density at radius 3 is 2.23 bits per heavy atom. The summed E-state index contributed by atoms with van der Waals surface area (Å²) in [6.45, 7) is 0. The SMILES string of the molecule is COc1ccc(C2C3=CCC4C(=O)N(C5CCCCC5)C(=O)C4C3CC3C(=O)C(c4ccccc4)=CC(=O)C32c2ccccc2)c(O)c1.